The van der Waals surface area contributed by atoms with Crippen LogP contribution in [0, 0.1) is 56.2 Å². The number of rotatable bonds is 9. The number of allylic oxidation sites excluding steroid dienone is 4. The first-order valence-corrected chi connectivity index (χ1v) is 20.7. The Hall–Kier alpha value is -1.13. The van der Waals surface area contributed by atoms with Crippen LogP contribution in [0.5, 0.6) is 0 Å². The lowest BCUT2D eigenvalue weighted by Crippen LogP contribution is -2.67. The maximum atomic E-state index is 11.9. The third-order valence-corrected chi connectivity index (χ3v) is 15.2. The van der Waals surface area contributed by atoms with Gasteiger partial charge in [0.25, 0.3) is 0 Å². The molecule has 4 nitrogen and oxygen atoms in total. The second-order valence-electron chi connectivity index (χ2n) is 18.3. The van der Waals surface area contributed by atoms with E-state index in [4.69, 9.17) is 9.84 Å². The maximum absolute atomic E-state index is 11.9. The van der Waals surface area contributed by atoms with Crippen LogP contribution < -0.4 is 0 Å². The van der Waals surface area contributed by atoms with Gasteiger partial charge in [-0.15, -0.1) is 0 Å². The SMILES string of the molecule is CC.CC.CCCC/C=C(/CC(C)(C)C=O)OC1CCC2(C)C(CC[C@]3(C)C2CCC2[C@H]4CC(C)=CCC4(CO)CC[C@]23C)C1(C)C.CO. The molecule has 4 heteroatoms. The number of aliphatic hydroxyl groups excluding tert-OH is 2. The van der Waals surface area contributed by atoms with E-state index in [-0.39, 0.29) is 16.9 Å². The quantitative estimate of drug-likeness (QED) is 0.110. The van der Waals surface area contributed by atoms with Crippen molar-refractivity contribution in [2.75, 3.05) is 13.7 Å². The van der Waals surface area contributed by atoms with Gasteiger partial charge in [-0.3, -0.25) is 0 Å². The molecule has 5 aliphatic carbocycles. The molecular formula is C45H82O4. The number of hydrogen-bond donors (Lipinski definition) is 2. The Labute approximate surface area is 304 Å². The topological polar surface area (TPSA) is 66.8 Å². The Morgan fingerprint density at radius 2 is 1.55 bits per heavy atom. The van der Waals surface area contributed by atoms with Gasteiger partial charge in [0.2, 0.25) is 0 Å². The molecule has 4 saturated carbocycles. The summed E-state index contributed by atoms with van der Waals surface area (Å²) < 4.78 is 7.02. The van der Waals surface area contributed by atoms with E-state index < -0.39 is 5.41 Å². The van der Waals surface area contributed by atoms with E-state index in [1.54, 1.807) is 5.57 Å². The van der Waals surface area contributed by atoms with Gasteiger partial charge in [-0.2, -0.15) is 0 Å². The number of aliphatic hydroxyl groups is 2. The molecule has 0 aromatic carbocycles. The number of carbonyl (C=O) groups excluding carboxylic acids is 1. The van der Waals surface area contributed by atoms with Crippen LogP contribution in [0.25, 0.3) is 0 Å². The van der Waals surface area contributed by atoms with Gasteiger partial charge in [0.15, 0.2) is 0 Å². The van der Waals surface area contributed by atoms with Crippen molar-refractivity contribution in [3.63, 3.8) is 0 Å². The van der Waals surface area contributed by atoms with Crippen molar-refractivity contribution in [1.82, 2.24) is 0 Å². The number of carbonyl (C=O) groups is 1. The first kappa shape index (κ1) is 44.0. The number of aldehydes is 1. The zero-order chi connectivity index (χ0) is 37.5. The fraction of sp³-hybridized carbons (Fsp3) is 0.889. The molecule has 0 radical (unpaired) electrons. The third kappa shape index (κ3) is 8.11. The van der Waals surface area contributed by atoms with Crippen molar-refractivity contribution in [2.24, 2.45) is 56.2 Å². The molecule has 5 rings (SSSR count). The molecular weight excluding hydrogens is 604 g/mol. The van der Waals surface area contributed by atoms with Crippen molar-refractivity contribution in [3.05, 3.63) is 23.5 Å². The standard InChI is InChI=1S/C40H66O3.2C2H6.CH4O/c1-10-11-12-13-29(25-35(3,4)26-41)43-34-18-19-37(7)32(36(34,5)6)17-20-39(9)33(37)15-14-30-31-24-28(2)16-21-40(31,27-42)23-22-38(30,39)8;3*1-2/h13,16,26,30-34,42H,10-12,14-15,17-25,27H2,1-9H3;2*1-2H3;2H,1H3/b29-13-;;;/t30?,31-,32?,33?,34?,37?,38-,39-,40?;;;/m1.../s1. The van der Waals surface area contributed by atoms with Crippen LogP contribution in [0.4, 0.5) is 0 Å². The summed E-state index contributed by atoms with van der Waals surface area (Å²) in [5, 5.41) is 17.7. The molecule has 286 valence electrons. The van der Waals surface area contributed by atoms with Crippen molar-refractivity contribution in [2.45, 2.75) is 186 Å². The van der Waals surface area contributed by atoms with Crippen LogP contribution in [0.3, 0.4) is 0 Å². The molecule has 0 amide bonds. The fourth-order valence-electron chi connectivity index (χ4n) is 12.4. The highest BCUT2D eigenvalue weighted by Gasteiger charge is 2.69. The van der Waals surface area contributed by atoms with E-state index in [1.807, 2.05) is 41.5 Å². The average Bonchev–Trinajstić information content (AvgIpc) is 3.09. The van der Waals surface area contributed by atoms with Gasteiger partial charge in [0.05, 0.1) is 5.76 Å². The molecule has 0 bridgehead atoms. The zero-order valence-corrected chi connectivity index (χ0v) is 34.9. The Bertz CT molecular complexity index is 1100. The van der Waals surface area contributed by atoms with Crippen LogP contribution >= 0.6 is 0 Å². The normalized spacial score (nSPS) is 39.2. The minimum absolute atomic E-state index is 0.0884. The van der Waals surface area contributed by atoms with Crippen molar-refractivity contribution >= 4 is 6.29 Å². The highest BCUT2D eigenvalue weighted by molar-refractivity contribution is 5.58. The highest BCUT2D eigenvalue weighted by Crippen LogP contribution is 2.76. The van der Waals surface area contributed by atoms with Crippen molar-refractivity contribution in [1.29, 1.82) is 0 Å². The Morgan fingerprint density at radius 1 is 0.898 bits per heavy atom. The summed E-state index contributed by atoms with van der Waals surface area (Å²) in [6.07, 6.45) is 22.5. The molecule has 0 aromatic heterocycles. The van der Waals surface area contributed by atoms with Gasteiger partial charge in [-0.1, -0.05) is 101 Å². The van der Waals surface area contributed by atoms with E-state index in [2.05, 4.69) is 60.6 Å². The minimum atomic E-state index is -0.396. The van der Waals surface area contributed by atoms with Crippen LogP contribution in [-0.4, -0.2) is 36.3 Å². The summed E-state index contributed by atoms with van der Waals surface area (Å²) in [5.41, 5.74) is 2.38. The molecule has 0 spiro atoms. The van der Waals surface area contributed by atoms with Crippen LogP contribution in [0.15, 0.2) is 23.5 Å². The van der Waals surface area contributed by atoms with Crippen molar-refractivity contribution < 1.29 is 19.7 Å². The van der Waals surface area contributed by atoms with E-state index in [0.717, 1.165) is 50.3 Å². The van der Waals surface area contributed by atoms with Gasteiger partial charge in [-0.25, -0.2) is 0 Å². The molecule has 4 fully saturated rings. The largest absolute Gasteiger partial charge is 0.495 e. The zero-order valence-electron chi connectivity index (χ0n) is 34.9. The number of hydrogen-bond acceptors (Lipinski definition) is 4. The molecule has 5 aliphatic rings. The predicted molar refractivity (Wildman–Crippen MR) is 209 cm³/mol. The number of unbranched alkanes of at least 4 members (excludes halogenated alkanes) is 2. The molecule has 0 aliphatic heterocycles. The van der Waals surface area contributed by atoms with Gasteiger partial charge < -0.3 is 19.7 Å². The van der Waals surface area contributed by atoms with Gasteiger partial charge in [0, 0.05) is 36.4 Å². The molecule has 49 heavy (non-hydrogen) atoms. The third-order valence-electron chi connectivity index (χ3n) is 15.2. The van der Waals surface area contributed by atoms with Crippen LogP contribution in [-0.2, 0) is 9.53 Å². The highest BCUT2D eigenvalue weighted by atomic mass is 16.5. The van der Waals surface area contributed by atoms with Crippen LogP contribution in [0.2, 0.25) is 0 Å². The molecule has 0 heterocycles. The molecule has 0 saturated heterocycles. The summed E-state index contributed by atoms with van der Waals surface area (Å²) in [5.74, 6) is 3.80. The van der Waals surface area contributed by atoms with Crippen LogP contribution in [0.1, 0.15) is 180 Å². The molecule has 9 atom stereocenters. The smallest absolute Gasteiger partial charge is 0.126 e. The van der Waals surface area contributed by atoms with Gasteiger partial charge in [0.1, 0.15) is 12.4 Å². The summed E-state index contributed by atoms with van der Waals surface area (Å²) in [6.45, 7) is 30.1. The number of fused-ring (bicyclic) bond motifs is 7. The molecule has 0 aromatic rings. The molecule has 2 N–H and O–H groups in total. The van der Waals surface area contributed by atoms with E-state index in [9.17, 15) is 9.90 Å². The van der Waals surface area contributed by atoms with E-state index >= 15 is 0 Å². The monoisotopic (exact) mass is 687 g/mol. The summed E-state index contributed by atoms with van der Waals surface area (Å²) in [4.78, 5) is 11.9. The first-order valence-electron chi connectivity index (χ1n) is 20.7. The second kappa shape index (κ2) is 17.6. The second-order valence-corrected chi connectivity index (χ2v) is 18.3. The fourth-order valence-corrected chi connectivity index (χ4v) is 12.4. The lowest BCUT2D eigenvalue weighted by Gasteiger charge is -2.73. The summed E-state index contributed by atoms with van der Waals surface area (Å²) in [6, 6.07) is 0. The lowest BCUT2D eigenvalue weighted by atomic mass is 9.32. The Kier molecular flexibility index (Phi) is 15.8. The maximum Gasteiger partial charge on any atom is 0.126 e. The van der Waals surface area contributed by atoms with E-state index in [1.165, 1.54) is 64.2 Å². The Balaban J connectivity index is 0.00000132. The summed E-state index contributed by atoms with van der Waals surface area (Å²) in [7, 11) is 1.00. The minimum Gasteiger partial charge on any atom is -0.495 e. The van der Waals surface area contributed by atoms with E-state index in [0.29, 0.717) is 41.1 Å². The first-order chi connectivity index (χ1) is 23.1. The lowest BCUT2D eigenvalue weighted by molar-refractivity contribution is -0.251. The average molecular weight is 687 g/mol. The predicted octanol–water partition coefficient (Wildman–Crippen LogP) is 12.1. The van der Waals surface area contributed by atoms with Gasteiger partial charge in [-0.05, 0) is 130 Å². The Morgan fingerprint density at radius 3 is 2.14 bits per heavy atom. The molecule has 6 unspecified atom stereocenters. The number of ether oxygens (including phenoxy) is 1. The van der Waals surface area contributed by atoms with Crippen molar-refractivity contribution in [3.8, 4) is 0 Å². The summed E-state index contributed by atoms with van der Waals surface area (Å²) >= 11 is 0. The van der Waals surface area contributed by atoms with Gasteiger partial charge >= 0.3 is 0 Å².